The topological polar surface area (TPSA) is 9.23 Å². The SMILES string of the molecule is FCOc1c(F)cc(F)cc1F. The fourth-order valence-electron chi connectivity index (χ4n) is 0.721. The molecule has 0 amide bonds. The lowest BCUT2D eigenvalue weighted by Gasteiger charge is -2.03. The molecule has 1 nitrogen and oxygen atoms in total. The maximum atomic E-state index is 12.5. The molecule has 0 atom stereocenters. The molecule has 0 unspecified atom stereocenters. The van der Waals surface area contributed by atoms with Crippen LogP contribution in [0.3, 0.4) is 0 Å². The van der Waals surface area contributed by atoms with E-state index in [9.17, 15) is 17.6 Å². The molecule has 12 heavy (non-hydrogen) atoms. The second-order valence-corrected chi connectivity index (χ2v) is 1.95. The second kappa shape index (κ2) is 3.42. The first-order valence-corrected chi connectivity index (χ1v) is 2.98. The van der Waals surface area contributed by atoms with Gasteiger partial charge >= 0.3 is 0 Å². The lowest BCUT2D eigenvalue weighted by atomic mass is 10.3. The van der Waals surface area contributed by atoms with E-state index >= 15 is 0 Å². The molecule has 0 spiro atoms. The second-order valence-electron chi connectivity index (χ2n) is 1.95. The molecule has 66 valence electrons. The van der Waals surface area contributed by atoms with Crippen molar-refractivity contribution in [2.24, 2.45) is 0 Å². The Balaban J connectivity index is 3.10. The zero-order valence-corrected chi connectivity index (χ0v) is 5.78. The monoisotopic (exact) mass is 180 g/mol. The molecule has 0 saturated heterocycles. The first kappa shape index (κ1) is 8.83. The minimum absolute atomic E-state index is 0.411. The van der Waals surface area contributed by atoms with E-state index in [0.29, 0.717) is 12.1 Å². The molecule has 0 aliphatic rings. The molecule has 5 heteroatoms. The molecule has 1 aromatic rings. The maximum Gasteiger partial charge on any atom is 0.228 e. The number of rotatable bonds is 2. The predicted octanol–water partition coefficient (Wildman–Crippen LogP) is 2.41. The summed E-state index contributed by atoms with van der Waals surface area (Å²) in [4.78, 5) is 0. The van der Waals surface area contributed by atoms with Gasteiger partial charge in [-0.1, -0.05) is 0 Å². The fraction of sp³-hybridized carbons (Fsp3) is 0.143. The average Bonchev–Trinajstić information content (AvgIpc) is 1.96. The molecule has 0 aliphatic heterocycles. The largest absolute Gasteiger partial charge is 0.457 e. The summed E-state index contributed by atoms with van der Waals surface area (Å²) in [5, 5.41) is 0. The first-order chi connectivity index (χ1) is 5.65. The highest BCUT2D eigenvalue weighted by Gasteiger charge is 2.12. The van der Waals surface area contributed by atoms with Gasteiger partial charge in [0.15, 0.2) is 17.4 Å². The van der Waals surface area contributed by atoms with Gasteiger partial charge in [0.25, 0.3) is 0 Å². The summed E-state index contributed by atoms with van der Waals surface area (Å²) in [5.74, 6) is -4.49. The van der Waals surface area contributed by atoms with Crippen LogP contribution in [0.2, 0.25) is 0 Å². The Kier molecular flexibility index (Phi) is 2.52. The molecule has 0 heterocycles. The molecule has 0 aromatic heterocycles. The zero-order chi connectivity index (χ0) is 9.14. The van der Waals surface area contributed by atoms with Crippen molar-refractivity contribution in [3.63, 3.8) is 0 Å². The summed E-state index contributed by atoms with van der Waals surface area (Å²) in [6, 6.07) is 0.822. The molecular weight excluding hydrogens is 176 g/mol. The van der Waals surface area contributed by atoms with Crippen molar-refractivity contribution in [2.75, 3.05) is 6.86 Å². The Bertz CT molecular complexity index is 264. The van der Waals surface area contributed by atoms with Crippen molar-refractivity contribution in [3.05, 3.63) is 29.6 Å². The molecule has 0 fully saturated rings. The fourth-order valence-corrected chi connectivity index (χ4v) is 0.721. The zero-order valence-electron chi connectivity index (χ0n) is 5.78. The summed E-state index contributed by atoms with van der Waals surface area (Å²) < 4.78 is 52.7. The van der Waals surface area contributed by atoms with Crippen molar-refractivity contribution >= 4 is 0 Å². The summed E-state index contributed by atoms with van der Waals surface area (Å²) >= 11 is 0. The van der Waals surface area contributed by atoms with Gasteiger partial charge in [-0.25, -0.2) is 17.6 Å². The Morgan fingerprint density at radius 3 is 2.00 bits per heavy atom. The number of hydrogen-bond acceptors (Lipinski definition) is 1. The smallest absolute Gasteiger partial charge is 0.228 e. The van der Waals surface area contributed by atoms with Crippen molar-refractivity contribution in [1.29, 1.82) is 0 Å². The minimum Gasteiger partial charge on any atom is -0.457 e. The van der Waals surface area contributed by atoms with E-state index < -0.39 is 30.1 Å². The maximum absolute atomic E-state index is 12.5. The van der Waals surface area contributed by atoms with Gasteiger partial charge < -0.3 is 4.74 Å². The summed E-state index contributed by atoms with van der Waals surface area (Å²) in [5.41, 5.74) is 0. The van der Waals surface area contributed by atoms with Crippen LogP contribution in [0.1, 0.15) is 0 Å². The van der Waals surface area contributed by atoms with E-state index in [1.54, 1.807) is 0 Å². The van der Waals surface area contributed by atoms with E-state index in [2.05, 4.69) is 4.74 Å². The Morgan fingerprint density at radius 2 is 1.58 bits per heavy atom. The molecule has 0 radical (unpaired) electrons. The lowest BCUT2D eigenvalue weighted by Crippen LogP contribution is -1.97. The molecule has 0 N–H and O–H groups in total. The number of hydrogen-bond donors (Lipinski definition) is 0. The Morgan fingerprint density at radius 1 is 1.08 bits per heavy atom. The van der Waals surface area contributed by atoms with E-state index in [0.717, 1.165) is 0 Å². The molecular formula is C7H4F4O. The molecule has 0 aliphatic carbocycles. The highest BCUT2D eigenvalue weighted by Crippen LogP contribution is 2.22. The van der Waals surface area contributed by atoms with Crippen LogP contribution in [0, 0.1) is 17.5 Å². The number of alkyl halides is 1. The van der Waals surface area contributed by atoms with Gasteiger partial charge in [-0.3, -0.25) is 0 Å². The third-order valence-electron chi connectivity index (χ3n) is 1.16. The van der Waals surface area contributed by atoms with E-state index in [1.165, 1.54) is 0 Å². The van der Waals surface area contributed by atoms with Gasteiger partial charge in [0.2, 0.25) is 6.86 Å². The van der Waals surface area contributed by atoms with Crippen molar-refractivity contribution in [3.8, 4) is 5.75 Å². The van der Waals surface area contributed by atoms with Gasteiger partial charge in [0, 0.05) is 12.1 Å². The standard InChI is InChI=1S/C7H4F4O/c8-3-12-7-5(10)1-4(9)2-6(7)11/h1-2H,3H2. The molecule has 0 bridgehead atoms. The third-order valence-corrected chi connectivity index (χ3v) is 1.16. The highest BCUT2D eigenvalue weighted by molar-refractivity contribution is 5.26. The van der Waals surface area contributed by atoms with E-state index in [4.69, 9.17) is 0 Å². The van der Waals surface area contributed by atoms with Crippen molar-refractivity contribution in [2.45, 2.75) is 0 Å². The van der Waals surface area contributed by atoms with Crippen LogP contribution in [0.5, 0.6) is 5.75 Å². The van der Waals surface area contributed by atoms with Crippen molar-refractivity contribution in [1.82, 2.24) is 0 Å². The molecule has 1 aromatic carbocycles. The van der Waals surface area contributed by atoms with Gasteiger partial charge in [-0.05, 0) is 0 Å². The van der Waals surface area contributed by atoms with Crippen LogP contribution in [0.15, 0.2) is 12.1 Å². The number of ether oxygens (including phenoxy) is 1. The first-order valence-electron chi connectivity index (χ1n) is 2.98. The Labute approximate surface area is 65.6 Å². The van der Waals surface area contributed by atoms with Crippen molar-refractivity contribution < 1.29 is 22.3 Å². The van der Waals surface area contributed by atoms with Gasteiger partial charge in [0.1, 0.15) is 5.82 Å². The summed E-state index contributed by atoms with van der Waals surface area (Å²) in [7, 11) is 0. The highest BCUT2D eigenvalue weighted by atomic mass is 19.2. The quantitative estimate of drug-likeness (QED) is 0.635. The summed E-state index contributed by atoms with van der Waals surface area (Å²) in [6.45, 7) is -1.36. The van der Waals surface area contributed by atoms with E-state index in [1.807, 2.05) is 0 Å². The predicted molar refractivity (Wildman–Crippen MR) is 32.9 cm³/mol. The van der Waals surface area contributed by atoms with Crippen LogP contribution < -0.4 is 4.74 Å². The normalized spacial score (nSPS) is 10.0. The number of benzene rings is 1. The van der Waals surface area contributed by atoms with Crippen LogP contribution in [-0.4, -0.2) is 6.86 Å². The lowest BCUT2D eigenvalue weighted by molar-refractivity contribution is 0.176. The van der Waals surface area contributed by atoms with Crippen LogP contribution >= 0.6 is 0 Å². The van der Waals surface area contributed by atoms with Crippen LogP contribution in [-0.2, 0) is 0 Å². The third kappa shape index (κ3) is 1.66. The van der Waals surface area contributed by atoms with Crippen LogP contribution in [0.25, 0.3) is 0 Å². The van der Waals surface area contributed by atoms with Crippen LogP contribution in [0.4, 0.5) is 17.6 Å². The molecule has 0 saturated carbocycles. The average molecular weight is 180 g/mol. The number of halogens is 4. The minimum atomic E-state index is -1.36. The van der Waals surface area contributed by atoms with Gasteiger partial charge in [0.05, 0.1) is 0 Å². The summed E-state index contributed by atoms with van der Waals surface area (Å²) in [6.07, 6.45) is 0. The van der Waals surface area contributed by atoms with E-state index in [-0.39, 0.29) is 0 Å². The Hall–Kier alpha value is -1.26. The van der Waals surface area contributed by atoms with Gasteiger partial charge in [-0.15, -0.1) is 0 Å². The molecule has 1 rings (SSSR count). The van der Waals surface area contributed by atoms with Gasteiger partial charge in [-0.2, -0.15) is 0 Å².